The van der Waals surface area contributed by atoms with Crippen molar-refractivity contribution in [3.63, 3.8) is 0 Å². The van der Waals surface area contributed by atoms with Gasteiger partial charge < -0.3 is 9.97 Å². The summed E-state index contributed by atoms with van der Waals surface area (Å²) in [7, 11) is 0. The minimum Gasteiger partial charge on any atom is -0.305 e. The number of nitrogens with zero attached hydrogens (tertiary/aromatic N) is 2. The fourth-order valence-corrected chi connectivity index (χ4v) is 7.03. The Kier molecular flexibility index (Phi) is 10.2. The van der Waals surface area contributed by atoms with Crippen LogP contribution in [0.3, 0.4) is 0 Å². The number of hydrogen-bond donors (Lipinski definition) is 0. The molecule has 2 aromatic heterocycles. The number of benzene rings is 4. The molecule has 0 atom stereocenters. The van der Waals surface area contributed by atoms with Gasteiger partial charge in [-0.2, -0.15) is 0 Å². The van der Waals surface area contributed by atoms with Crippen LogP contribution in [-0.2, 0) is 41.8 Å². The first-order valence-electron chi connectivity index (χ1n) is 17.5. The first-order valence-corrected chi connectivity index (χ1v) is 17.5. The summed E-state index contributed by atoms with van der Waals surface area (Å²) in [6.07, 6.45) is 3.83. The van der Waals surface area contributed by atoms with Crippen molar-refractivity contribution in [1.82, 2.24) is 9.97 Å². The molecule has 0 saturated carbocycles. The SMILES string of the molecule is CC(C)(C)c1cc[c-]c(-c2cc(C(C)(C)C)ccn2)c1.CC(C)(C)c1ccnc(-c2[c-]ccc3c2C(C)(C)c2c-3ccc3ccccc23)c1.[Ir]. The Morgan fingerprint density at radius 1 is 0.540 bits per heavy atom. The van der Waals surface area contributed by atoms with Crippen LogP contribution in [0.5, 0.6) is 0 Å². The average Bonchev–Trinajstić information content (AvgIpc) is 3.31. The van der Waals surface area contributed by atoms with E-state index < -0.39 is 0 Å². The van der Waals surface area contributed by atoms with E-state index in [0.717, 1.165) is 22.5 Å². The number of rotatable bonds is 2. The second-order valence-corrected chi connectivity index (χ2v) is 17.1. The Hall–Kier alpha value is -3.91. The normalized spacial score (nSPS) is 13.5. The number of hydrogen-bond acceptors (Lipinski definition) is 2. The van der Waals surface area contributed by atoms with Crippen LogP contribution in [-0.4, -0.2) is 9.97 Å². The van der Waals surface area contributed by atoms with Crippen LogP contribution in [0, 0.1) is 12.1 Å². The maximum atomic E-state index is 4.76. The maximum Gasteiger partial charge on any atom is 0.0163 e. The van der Waals surface area contributed by atoms with Gasteiger partial charge in [0.2, 0.25) is 0 Å². The third kappa shape index (κ3) is 7.27. The monoisotopic (exact) mass is 835 g/mol. The Bertz CT molecular complexity index is 2100. The van der Waals surface area contributed by atoms with Crippen molar-refractivity contribution in [2.45, 2.75) is 97.8 Å². The molecule has 1 aliphatic carbocycles. The molecule has 0 N–H and O–H groups in total. The van der Waals surface area contributed by atoms with E-state index in [1.165, 1.54) is 49.7 Å². The zero-order valence-corrected chi connectivity index (χ0v) is 33.9. The first-order chi connectivity index (χ1) is 23.0. The van der Waals surface area contributed by atoms with Crippen LogP contribution < -0.4 is 0 Å². The van der Waals surface area contributed by atoms with Crippen LogP contribution in [0.4, 0.5) is 0 Å². The average molecular weight is 835 g/mol. The van der Waals surface area contributed by atoms with E-state index in [4.69, 9.17) is 4.98 Å². The summed E-state index contributed by atoms with van der Waals surface area (Å²) in [5.41, 5.74) is 13.8. The molecule has 3 heteroatoms. The zero-order valence-electron chi connectivity index (χ0n) is 31.5. The molecule has 0 unspecified atom stereocenters. The standard InChI is InChI=1S/C28H26N.C19H24N.Ir/c1-27(2,3)19-15-16-29-24(17-19)23-12-8-11-21-22-14-13-18-9-6-7-10-20(18)25(22)28(4,5)26(21)23;1-18(2,3)15-9-7-8-14(12-15)17-13-16(10-11-20-17)19(4,5)6;/h6-11,13-17H,1-5H3;7,9-13H,1-6H3;/q2*-1;. The molecule has 0 saturated heterocycles. The second kappa shape index (κ2) is 13.7. The second-order valence-electron chi connectivity index (χ2n) is 17.1. The summed E-state index contributed by atoms with van der Waals surface area (Å²) in [5, 5.41) is 2.64. The van der Waals surface area contributed by atoms with E-state index in [2.05, 4.69) is 178 Å². The van der Waals surface area contributed by atoms with Gasteiger partial charge in [-0.1, -0.05) is 130 Å². The number of pyridine rings is 2. The van der Waals surface area contributed by atoms with Crippen molar-refractivity contribution in [2.75, 3.05) is 0 Å². The van der Waals surface area contributed by atoms with Crippen molar-refractivity contribution in [2.24, 2.45) is 0 Å². The van der Waals surface area contributed by atoms with Crippen LogP contribution in [0.25, 0.3) is 44.4 Å². The first kappa shape index (κ1) is 37.3. The van der Waals surface area contributed by atoms with Gasteiger partial charge in [0.1, 0.15) is 0 Å². The molecule has 2 heterocycles. The largest absolute Gasteiger partial charge is 0.305 e. The maximum absolute atomic E-state index is 4.76. The third-order valence-electron chi connectivity index (χ3n) is 9.92. The number of aromatic nitrogens is 2. The van der Waals surface area contributed by atoms with Gasteiger partial charge >= 0.3 is 0 Å². The van der Waals surface area contributed by atoms with Gasteiger partial charge in [0, 0.05) is 32.5 Å². The molecule has 2 nitrogen and oxygen atoms in total. The topological polar surface area (TPSA) is 25.8 Å². The van der Waals surface area contributed by atoms with Crippen LogP contribution in [0.2, 0.25) is 0 Å². The van der Waals surface area contributed by atoms with Gasteiger partial charge in [-0.15, -0.1) is 64.7 Å². The van der Waals surface area contributed by atoms with Gasteiger partial charge in [-0.05, 0) is 78.2 Å². The molecule has 0 spiro atoms. The Morgan fingerprint density at radius 2 is 1.08 bits per heavy atom. The van der Waals surface area contributed by atoms with Crippen molar-refractivity contribution < 1.29 is 20.1 Å². The van der Waals surface area contributed by atoms with Gasteiger partial charge in [0.15, 0.2) is 0 Å². The fourth-order valence-electron chi connectivity index (χ4n) is 7.03. The van der Waals surface area contributed by atoms with Crippen molar-refractivity contribution in [3.05, 3.63) is 143 Å². The van der Waals surface area contributed by atoms with Crippen LogP contribution in [0.1, 0.15) is 104 Å². The van der Waals surface area contributed by atoms with Gasteiger partial charge in [0.25, 0.3) is 0 Å². The van der Waals surface area contributed by atoms with E-state index in [9.17, 15) is 0 Å². The molecular formula is C47H50IrN2-2. The van der Waals surface area contributed by atoms with E-state index in [1.54, 1.807) is 0 Å². The quantitative estimate of drug-likeness (QED) is 0.162. The predicted octanol–water partition coefficient (Wildman–Crippen LogP) is 12.4. The molecule has 0 fully saturated rings. The van der Waals surface area contributed by atoms with E-state index in [-0.39, 0.29) is 41.8 Å². The molecule has 259 valence electrons. The molecule has 50 heavy (non-hydrogen) atoms. The van der Waals surface area contributed by atoms with Crippen LogP contribution >= 0.6 is 0 Å². The molecule has 7 rings (SSSR count). The zero-order chi connectivity index (χ0) is 35.4. The molecule has 1 radical (unpaired) electrons. The molecule has 0 bridgehead atoms. The van der Waals surface area contributed by atoms with Gasteiger partial charge in [0.05, 0.1) is 0 Å². The van der Waals surface area contributed by atoms with E-state index >= 15 is 0 Å². The summed E-state index contributed by atoms with van der Waals surface area (Å²) >= 11 is 0. The molecule has 1 aliphatic rings. The Balaban J connectivity index is 0.000000204. The van der Waals surface area contributed by atoms with Crippen molar-refractivity contribution in [3.8, 4) is 33.6 Å². The Morgan fingerprint density at radius 3 is 1.72 bits per heavy atom. The smallest absolute Gasteiger partial charge is 0.0163 e. The fraction of sp³-hybridized carbons (Fsp3) is 0.319. The molecule has 6 aromatic rings. The molecule has 4 aromatic carbocycles. The van der Waals surface area contributed by atoms with Crippen molar-refractivity contribution >= 4 is 10.8 Å². The summed E-state index contributed by atoms with van der Waals surface area (Å²) in [4.78, 5) is 9.28. The predicted molar refractivity (Wildman–Crippen MR) is 208 cm³/mol. The van der Waals surface area contributed by atoms with E-state index in [0.29, 0.717) is 0 Å². The van der Waals surface area contributed by atoms with E-state index in [1.807, 2.05) is 18.5 Å². The summed E-state index contributed by atoms with van der Waals surface area (Å²) < 4.78 is 0. The minimum absolute atomic E-state index is 0. The summed E-state index contributed by atoms with van der Waals surface area (Å²) in [6.45, 7) is 24.8. The summed E-state index contributed by atoms with van der Waals surface area (Å²) in [6, 6.07) is 39.3. The third-order valence-corrected chi connectivity index (χ3v) is 9.92. The van der Waals surface area contributed by atoms with Crippen LogP contribution in [0.15, 0.2) is 103 Å². The van der Waals surface area contributed by atoms with Crippen molar-refractivity contribution in [1.29, 1.82) is 0 Å². The molecule has 0 amide bonds. The van der Waals surface area contributed by atoms with Gasteiger partial charge in [-0.3, -0.25) is 0 Å². The Labute approximate surface area is 314 Å². The molecule has 0 aliphatic heterocycles. The minimum atomic E-state index is -0.113. The molecular weight excluding hydrogens is 785 g/mol. The van der Waals surface area contributed by atoms with Gasteiger partial charge in [-0.25, -0.2) is 0 Å². The summed E-state index contributed by atoms with van der Waals surface area (Å²) in [5.74, 6) is 0. The number of fused-ring (bicyclic) bond motifs is 5.